The monoisotopic (exact) mass is 225 g/mol. The molecule has 0 aliphatic heterocycles. The van der Waals surface area contributed by atoms with Gasteiger partial charge in [-0.15, -0.1) is 0 Å². The van der Waals surface area contributed by atoms with E-state index in [2.05, 4.69) is 0 Å². The Labute approximate surface area is 95.4 Å². The molecule has 0 radical (unpaired) electrons. The van der Waals surface area contributed by atoms with Crippen molar-refractivity contribution in [3.8, 4) is 0 Å². The summed E-state index contributed by atoms with van der Waals surface area (Å²) >= 11 is 6.05. The standard InChI is InChI=1S/C12H16ClNO/c13-12-6-5-10(14)7-9(12)8-15-11-3-1-2-4-11/h5-7,11H,1-4,8,14H2. The largest absolute Gasteiger partial charge is 0.399 e. The number of nitrogens with two attached hydrogens (primary N) is 1. The molecule has 2 N–H and O–H groups in total. The molecule has 15 heavy (non-hydrogen) atoms. The fourth-order valence-corrected chi connectivity index (χ4v) is 2.14. The maximum Gasteiger partial charge on any atom is 0.0735 e. The van der Waals surface area contributed by atoms with E-state index in [1.807, 2.05) is 12.1 Å². The molecule has 0 atom stereocenters. The van der Waals surface area contributed by atoms with Crippen LogP contribution >= 0.6 is 11.6 Å². The first-order chi connectivity index (χ1) is 7.25. The first-order valence-corrected chi connectivity index (χ1v) is 5.79. The molecule has 1 aromatic carbocycles. The lowest BCUT2D eigenvalue weighted by Gasteiger charge is -2.12. The van der Waals surface area contributed by atoms with E-state index < -0.39 is 0 Å². The Morgan fingerprint density at radius 3 is 2.80 bits per heavy atom. The van der Waals surface area contributed by atoms with Crippen molar-refractivity contribution < 1.29 is 4.74 Å². The lowest BCUT2D eigenvalue weighted by molar-refractivity contribution is 0.0457. The molecular formula is C12H16ClNO. The Balaban J connectivity index is 1.94. The summed E-state index contributed by atoms with van der Waals surface area (Å²) in [7, 11) is 0. The number of halogens is 1. The number of benzene rings is 1. The first kappa shape index (κ1) is 10.8. The Morgan fingerprint density at radius 2 is 2.07 bits per heavy atom. The maximum atomic E-state index is 6.05. The van der Waals surface area contributed by atoms with Gasteiger partial charge in [-0.05, 0) is 36.6 Å². The van der Waals surface area contributed by atoms with Crippen LogP contribution in [-0.4, -0.2) is 6.10 Å². The maximum absolute atomic E-state index is 6.05. The zero-order valence-corrected chi connectivity index (χ0v) is 9.46. The quantitative estimate of drug-likeness (QED) is 0.801. The first-order valence-electron chi connectivity index (χ1n) is 5.41. The molecule has 2 nitrogen and oxygen atoms in total. The van der Waals surface area contributed by atoms with Gasteiger partial charge in [0.1, 0.15) is 0 Å². The van der Waals surface area contributed by atoms with Crippen molar-refractivity contribution in [2.24, 2.45) is 0 Å². The molecule has 0 aromatic heterocycles. The highest BCUT2D eigenvalue weighted by molar-refractivity contribution is 6.31. The van der Waals surface area contributed by atoms with Crippen LogP contribution in [0.4, 0.5) is 5.69 Å². The highest BCUT2D eigenvalue weighted by Gasteiger charge is 2.15. The summed E-state index contributed by atoms with van der Waals surface area (Å²) in [4.78, 5) is 0. The Morgan fingerprint density at radius 1 is 1.33 bits per heavy atom. The zero-order valence-electron chi connectivity index (χ0n) is 8.71. The van der Waals surface area contributed by atoms with Gasteiger partial charge in [0, 0.05) is 10.7 Å². The topological polar surface area (TPSA) is 35.2 Å². The summed E-state index contributed by atoms with van der Waals surface area (Å²) in [6, 6.07) is 5.52. The molecule has 0 bridgehead atoms. The minimum atomic E-state index is 0.419. The molecule has 2 rings (SSSR count). The van der Waals surface area contributed by atoms with Crippen molar-refractivity contribution in [1.82, 2.24) is 0 Å². The molecule has 1 aliphatic carbocycles. The van der Waals surface area contributed by atoms with E-state index in [1.165, 1.54) is 25.7 Å². The van der Waals surface area contributed by atoms with Gasteiger partial charge >= 0.3 is 0 Å². The summed E-state index contributed by atoms with van der Waals surface area (Å²) < 4.78 is 5.78. The van der Waals surface area contributed by atoms with Crippen LogP contribution in [-0.2, 0) is 11.3 Å². The summed E-state index contributed by atoms with van der Waals surface area (Å²) in [6.07, 6.45) is 5.35. The van der Waals surface area contributed by atoms with Gasteiger partial charge in [-0.2, -0.15) is 0 Å². The molecule has 0 unspecified atom stereocenters. The predicted octanol–water partition coefficient (Wildman–Crippen LogP) is 3.38. The van der Waals surface area contributed by atoms with E-state index >= 15 is 0 Å². The second-order valence-corrected chi connectivity index (χ2v) is 4.48. The van der Waals surface area contributed by atoms with Crippen LogP contribution < -0.4 is 5.73 Å². The lowest BCUT2D eigenvalue weighted by Crippen LogP contribution is -2.07. The second kappa shape index (κ2) is 4.86. The Kier molecular flexibility index (Phi) is 3.49. The van der Waals surface area contributed by atoms with Crippen molar-refractivity contribution >= 4 is 17.3 Å². The van der Waals surface area contributed by atoms with Crippen molar-refractivity contribution in [2.45, 2.75) is 38.4 Å². The predicted molar refractivity (Wildman–Crippen MR) is 62.9 cm³/mol. The number of hydrogen-bond acceptors (Lipinski definition) is 2. The number of hydrogen-bond donors (Lipinski definition) is 1. The highest BCUT2D eigenvalue weighted by atomic mass is 35.5. The molecular weight excluding hydrogens is 210 g/mol. The molecule has 0 amide bonds. The molecule has 0 saturated heterocycles. The van der Waals surface area contributed by atoms with E-state index in [0.717, 1.165) is 16.3 Å². The summed E-state index contributed by atoms with van der Waals surface area (Å²) in [5.41, 5.74) is 7.43. The normalized spacial score (nSPS) is 17.1. The van der Waals surface area contributed by atoms with Crippen molar-refractivity contribution in [3.63, 3.8) is 0 Å². The number of nitrogen functional groups attached to an aromatic ring is 1. The Bertz CT molecular complexity index is 334. The number of rotatable bonds is 3. The second-order valence-electron chi connectivity index (χ2n) is 4.07. The molecule has 82 valence electrons. The van der Waals surface area contributed by atoms with Crippen molar-refractivity contribution in [1.29, 1.82) is 0 Å². The zero-order chi connectivity index (χ0) is 10.7. The molecule has 0 heterocycles. The minimum absolute atomic E-state index is 0.419. The average Bonchev–Trinajstić information content (AvgIpc) is 2.72. The molecule has 1 fully saturated rings. The van der Waals surface area contributed by atoms with E-state index in [9.17, 15) is 0 Å². The third-order valence-corrected chi connectivity index (χ3v) is 3.22. The van der Waals surface area contributed by atoms with Gasteiger partial charge < -0.3 is 10.5 Å². The highest BCUT2D eigenvalue weighted by Crippen LogP contribution is 2.25. The van der Waals surface area contributed by atoms with Gasteiger partial charge in [-0.1, -0.05) is 24.4 Å². The van der Waals surface area contributed by atoms with Crippen LogP contribution in [0.2, 0.25) is 5.02 Å². The smallest absolute Gasteiger partial charge is 0.0735 e. The van der Waals surface area contributed by atoms with Crippen LogP contribution in [0.1, 0.15) is 31.2 Å². The van der Waals surface area contributed by atoms with Crippen molar-refractivity contribution in [2.75, 3.05) is 5.73 Å². The molecule has 1 aromatic rings. The number of anilines is 1. The molecule has 3 heteroatoms. The van der Waals surface area contributed by atoms with Crippen LogP contribution in [0.3, 0.4) is 0 Å². The van der Waals surface area contributed by atoms with Gasteiger partial charge in [-0.25, -0.2) is 0 Å². The van der Waals surface area contributed by atoms with Gasteiger partial charge in [0.15, 0.2) is 0 Å². The fraction of sp³-hybridized carbons (Fsp3) is 0.500. The Hall–Kier alpha value is -0.730. The summed E-state index contributed by atoms with van der Waals surface area (Å²) in [5.74, 6) is 0. The van der Waals surface area contributed by atoms with Crippen LogP contribution in [0.15, 0.2) is 18.2 Å². The van der Waals surface area contributed by atoms with Crippen LogP contribution in [0.5, 0.6) is 0 Å². The van der Waals surface area contributed by atoms with Gasteiger partial charge in [0.25, 0.3) is 0 Å². The third-order valence-electron chi connectivity index (χ3n) is 2.85. The summed E-state index contributed by atoms with van der Waals surface area (Å²) in [6.45, 7) is 0.578. The van der Waals surface area contributed by atoms with E-state index in [4.69, 9.17) is 22.1 Å². The van der Waals surface area contributed by atoms with Crippen LogP contribution in [0, 0.1) is 0 Å². The third kappa shape index (κ3) is 2.86. The average molecular weight is 226 g/mol. The molecule has 0 spiro atoms. The summed E-state index contributed by atoms with van der Waals surface area (Å²) in [5, 5.41) is 0.738. The van der Waals surface area contributed by atoms with Gasteiger partial charge in [0.2, 0.25) is 0 Å². The molecule has 1 saturated carbocycles. The molecule has 1 aliphatic rings. The van der Waals surface area contributed by atoms with Crippen molar-refractivity contribution in [3.05, 3.63) is 28.8 Å². The van der Waals surface area contributed by atoms with Gasteiger partial charge in [-0.3, -0.25) is 0 Å². The van der Waals surface area contributed by atoms with E-state index in [-0.39, 0.29) is 0 Å². The van der Waals surface area contributed by atoms with Gasteiger partial charge in [0.05, 0.1) is 12.7 Å². The van der Waals surface area contributed by atoms with E-state index in [0.29, 0.717) is 12.7 Å². The fourth-order valence-electron chi connectivity index (χ4n) is 1.97. The minimum Gasteiger partial charge on any atom is -0.399 e. The van der Waals surface area contributed by atoms with Crippen LogP contribution in [0.25, 0.3) is 0 Å². The number of ether oxygens (including phenoxy) is 1. The lowest BCUT2D eigenvalue weighted by atomic mass is 10.2. The van der Waals surface area contributed by atoms with E-state index in [1.54, 1.807) is 6.07 Å². The SMILES string of the molecule is Nc1ccc(Cl)c(COC2CCCC2)c1.